The molecule has 64 valence electrons. The van der Waals surface area contributed by atoms with Gasteiger partial charge in [0, 0.05) is 10.5 Å². The van der Waals surface area contributed by atoms with Crippen molar-refractivity contribution in [1.29, 1.82) is 0 Å². The van der Waals surface area contributed by atoms with E-state index in [0.29, 0.717) is 9.68 Å². The monoisotopic (exact) mass is 208 g/mol. The second-order valence-electron chi connectivity index (χ2n) is 2.65. The molecule has 0 bridgehead atoms. The van der Waals surface area contributed by atoms with E-state index in [1.165, 1.54) is 22.7 Å². The Hall–Kier alpha value is -1.20. The summed E-state index contributed by atoms with van der Waals surface area (Å²) in [5.74, 6) is 0. The highest BCUT2D eigenvalue weighted by Gasteiger charge is 2.12. The molecular weight excluding hydrogens is 204 g/mol. The number of hydrogen-bond acceptors (Lipinski definition) is 4. The molecule has 3 rings (SSSR count). The van der Waals surface area contributed by atoms with Crippen molar-refractivity contribution in [2.24, 2.45) is 0 Å². The van der Waals surface area contributed by atoms with Gasteiger partial charge < -0.3 is 5.21 Å². The van der Waals surface area contributed by atoms with Crippen molar-refractivity contribution in [3.63, 3.8) is 0 Å². The standard InChI is InChI=1S/C8H4N2OS2/c11-10-8-6(2-4-13-8)5-1-3-12-7(5)9-10/h1-4H. The summed E-state index contributed by atoms with van der Waals surface area (Å²) in [6.45, 7) is 0. The summed E-state index contributed by atoms with van der Waals surface area (Å²) >= 11 is 2.92. The molecule has 0 N–H and O–H groups in total. The fourth-order valence-electron chi connectivity index (χ4n) is 1.37. The predicted molar refractivity (Wildman–Crippen MR) is 54.0 cm³/mol. The minimum absolute atomic E-state index is 0.686. The van der Waals surface area contributed by atoms with Gasteiger partial charge in [0.15, 0.2) is 4.83 Å². The van der Waals surface area contributed by atoms with Gasteiger partial charge in [0.25, 0.3) is 0 Å². The molecule has 0 spiro atoms. The molecule has 0 saturated heterocycles. The van der Waals surface area contributed by atoms with E-state index < -0.39 is 0 Å². The second-order valence-corrected chi connectivity index (χ2v) is 4.44. The van der Waals surface area contributed by atoms with Gasteiger partial charge in [-0.1, -0.05) is 11.3 Å². The molecular formula is C8H4N2OS2. The zero-order chi connectivity index (χ0) is 8.84. The van der Waals surface area contributed by atoms with Gasteiger partial charge >= 0.3 is 4.83 Å². The zero-order valence-electron chi connectivity index (χ0n) is 6.43. The van der Waals surface area contributed by atoms with Gasteiger partial charge in [-0.3, -0.25) is 0 Å². The molecule has 0 aliphatic carbocycles. The van der Waals surface area contributed by atoms with Gasteiger partial charge in [-0.25, -0.2) is 0 Å². The first kappa shape index (κ1) is 7.23. The maximum absolute atomic E-state index is 11.4. The topological polar surface area (TPSA) is 39.8 Å². The Morgan fingerprint density at radius 1 is 1.15 bits per heavy atom. The molecule has 0 radical (unpaired) electrons. The van der Waals surface area contributed by atoms with Gasteiger partial charge in [-0.2, -0.15) is 0 Å². The lowest BCUT2D eigenvalue weighted by molar-refractivity contribution is -0.637. The largest absolute Gasteiger partial charge is 0.593 e. The SMILES string of the molecule is [O-][n+]1nc2sccc2c2ccsc21. The van der Waals surface area contributed by atoms with Crippen molar-refractivity contribution in [3.8, 4) is 0 Å². The van der Waals surface area contributed by atoms with Crippen LogP contribution in [0.15, 0.2) is 22.9 Å². The van der Waals surface area contributed by atoms with Gasteiger partial charge in [0.2, 0.25) is 0 Å². The third-order valence-electron chi connectivity index (χ3n) is 1.94. The van der Waals surface area contributed by atoms with Crippen LogP contribution in [-0.2, 0) is 0 Å². The Morgan fingerprint density at radius 2 is 1.92 bits per heavy atom. The Balaban J connectivity index is 2.70. The van der Waals surface area contributed by atoms with Gasteiger partial charge in [0.1, 0.15) is 0 Å². The van der Waals surface area contributed by atoms with Crippen molar-refractivity contribution in [2.75, 3.05) is 0 Å². The molecule has 3 heterocycles. The average molecular weight is 208 g/mol. The van der Waals surface area contributed by atoms with Crippen LogP contribution in [0, 0.1) is 5.21 Å². The number of aromatic nitrogens is 2. The fourth-order valence-corrected chi connectivity index (χ4v) is 2.89. The Kier molecular flexibility index (Phi) is 1.33. The van der Waals surface area contributed by atoms with Crippen LogP contribution in [0.25, 0.3) is 20.4 Å². The summed E-state index contributed by atoms with van der Waals surface area (Å²) in [5, 5.41) is 21.3. The van der Waals surface area contributed by atoms with Crippen LogP contribution >= 0.6 is 22.7 Å². The Bertz CT molecular complexity index is 584. The summed E-state index contributed by atoms with van der Waals surface area (Å²) in [5.41, 5.74) is 0. The third kappa shape index (κ3) is 0.882. The smallest absolute Gasteiger partial charge is 0.308 e. The van der Waals surface area contributed by atoms with Gasteiger partial charge in [-0.15, -0.1) is 11.3 Å². The lowest BCUT2D eigenvalue weighted by Gasteiger charge is -1.93. The van der Waals surface area contributed by atoms with Crippen molar-refractivity contribution in [2.45, 2.75) is 0 Å². The quantitative estimate of drug-likeness (QED) is 0.419. The summed E-state index contributed by atoms with van der Waals surface area (Å²) in [6.07, 6.45) is 0. The lowest BCUT2D eigenvalue weighted by Crippen LogP contribution is -2.30. The summed E-state index contributed by atoms with van der Waals surface area (Å²) in [7, 11) is 0. The van der Waals surface area contributed by atoms with Crippen LogP contribution in [0.4, 0.5) is 0 Å². The molecule has 0 saturated carbocycles. The predicted octanol–water partition coefficient (Wildman–Crippen LogP) is 2.14. The summed E-state index contributed by atoms with van der Waals surface area (Å²) in [4.78, 5) is 2.20. The Labute approximate surface area is 81.4 Å². The van der Waals surface area contributed by atoms with E-state index in [-0.39, 0.29) is 0 Å². The van der Waals surface area contributed by atoms with Gasteiger partial charge in [-0.05, 0) is 27.7 Å². The number of fused-ring (bicyclic) bond motifs is 3. The van der Waals surface area contributed by atoms with Crippen LogP contribution in [0.2, 0.25) is 0 Å². The summed E-state index contributed by atoms with van der Waals surface area (Å²) < 4.78 is 0. The van der Waals surface area contributed by atoms with Crippen LogP contribution in [0.5, 0.6) is 0 Å². The number of thiophene rings is 2. The van der Waals surface area contributed by atoms with Crippen molar-refractivity contribution < 1.29 is 4.85 Å². The Morgan fingerprint density at radius 3 is 2.85 bits per heavy atom. The van der Waals surface area contributed by atoms with E-state index in [2.05, 4.69) is 5.10 Å². The van der Waals surface area contributed by atoms with Crippen molar-refractivity contribution in [1.82, 2.24) is 5.10 Å². The first-order chi connectivity index (χ1) is 6.36. The van der Waals surface area contributed by atoms with Crippen LogP contribution in [-0.4, -0.2) is 5.10 Å². The number of nitrogens with zero attached hydrogens (tertiary/aromatic N) is 2. The number of rotatable bonds is 0. The van der Waals surface area contributed by atoms with E-state index in [4.69, 9.17) is 0 Å². The maximum atomic E-state index is 11.4. The van der Waals surface area contributed by atoms with Crippen LogP contribution < -0.4 is 4.85 Å². The zero-order valence-corrected chi connectivity index (χ0v) is 8.06. The average Bonchev–Trinajstić information content (AvgIpc) is 2.66. The normalized spacial score (nSPS) is 11.4. The highest BCUT2D eigenvalue weighted by atomic mass is 32.1. The van der Waals surface area contributed by atoms with Gasteiger partial charge in [0.05, 0.1) is 5.39 Å². The van der Waals surface area contributed by atoms with Crippen molar-refractivity contribution in [3.05, 3.63) is 28.1 Å². The second kappa shape index (κ2) is 2.40. The van der Waals surface area contributed by atoms with E-state index in [9.17, 15) is 5.21 Å². The molecule has 0 aliphatic heterocycles. The van der Waals surface area contributed by atoms with E-state index in [1.807, 2.05) is 22.9 Å². The highest BCUT2D eigenvalue weighted by Crippen LogP contribution is 2.27. The first-order valence-corrected chi connectivity index (χ1v) is 5.46. The molecule has 0 aromatic carbocycles. The highest BCUT2D eigenvalue weighted by molar-refractivity contribution is 7.18. The van der Waals surface area contributed by atoms with Crippen LogP contribution in [0.1, 0.15) is 0 Å². The molecule has 3 nitrogen and oxygen atoms in total. The molecule has 0 atom stereocenters. The molecule has 0 aliphatic rings. The first-order valence-electron chi connectivity index (χ1n) is 3.70. The fraction of sp³-hybridized carbons (Fsp3) is 0. The third-order valence-corrected chi connectivity index (χ3v) is 3.60. The minimum Gasteiger partial charge on any atom is -0.593 e. The minimum atomic E-state index is 0.686. The van der Waals surface area contributed by atoms with E-state index in [0.717, 1.165) is 15.6 Å². The number of hydrogen-bond donors (Lipinski definition) is 0. The van der Waals surface area contributed by atoms with Crippen LogP contribution in [0.3, 0.4) is 0 Å². The molecule has 0 fully saturated rings. The molecule has 0 unspecified atom stereocenters. The summed E-state index contributed by atoms with van der Waals surface area (Å²) in [6, 6.07) is 3.97. The molecule has 3 aromatic rings. The molecule has 3 aromatic heterocycles. The molecule has 5 heteroatoms. The molecule has 0 amide bonds. The maximum Gasteiger partial charge on any atom is 0.308 e. The lowest BCUT2D eigenvalue weighted by atomic mass is 10.3. The van der Waals surface area contributed by atoms with E-state index >= 15 is 0 Å². The molecule has 13 heavy (non-hydrogen) atoms. The van der Waals surface area contributed by atoms with Crippen molar-refractivity contribution >= 4 is 43.1 Å². The van der Waals surface area contributed by atoms with E-state index in [1.54, 1.807) is 0 Å².